The Balaban J connectivity index is 1.93. The summed E-state index contributed by atoms with van der Waals surface area (Å²) >= 11 is 1.16. The number of ketones is 1. The van der Waals surface area contributed by atoms with E-state index in [-0.39, 0.29) is 16.5 Å². The Hall–Kier alpha value is -3.39. The van der Waals surface area contributed by atoms with E-state index in [1.807, 2.05) is 6.92 Å². The van der Waals surface area contributed by atoms with Crippen LogP contribution in [0.15, 0.2) is 54.1 Å². The molecule has 8 heteroatoms. The van der Waals surface area contributed by atoms with Gasteiger partial charge in [-0.1, -0.05) is 53.3 Å². The monoisotopic (exact) mass is 409 g/mol. The maximum atomic E-state index is 13.5. The summed E-state index contributed by atoms with van der Waals surface area (Å²) in [5, 5.41) is 19.7. The van der Waals surface area contributed by atoms with Gasteiger partial charge in [0.05, 0.1) is 11.6 Å². The minimum Gasteiger partial charge on any atom is -0.507 e. The van der Waals surface area contributed by atoms with Crippen LogP contribution < -0.4 is 4.90 Å². The summed E-state index contributed by atoms with van der Waals surface area (Å²) in [6.45, 7) is 3.63. The van der Waals surface area contributed by atoms with Crippen LogP contribution in [0.2, 0.25) is 0 Å². The molecule has 2 heterocycles. The maximum Gasteiger partial charge on any atom is 0.301 e. The molecule has 1 aromatic heterocycles. The topological polar surface area (TPSA) is 83.4 Å². The van der Waals surface area contributed by atoms with Crippen molar-refractivity contribution in [3.63, 3.8) is 0 Å². The average Bonchev–Trinajstić information content (AvgIpc) is 3.24. The number of hydrogen-bond acceptors (Lipinski definition) is 6. The van der Waals surface area contributed by atoms with Crippen molar-refractivity contribution >= 4 is 33.9 Å². The Morgan fingerprint density at radius 2 is 1.69 bits per heavy atom. The molecule has 1 aliphatic heterocycles. The van der Waals surface area contributed by atoms with Gasteiger partial charge in [-0.2, -0.15) is 0 Å². The van der Waals surface area contributed by atoms with E-state index in [2.05, 4.69) is 10.2 Å². The summed E-state index contributed by atoms with van der Waals surface area (Å²) in [7, 11) is 0. The quantitative estimate of drug-likeness (QED) is 0.403. The Labute approximate surface area is 169 Å². The van der Waals surface area contributed by atoms with Gasteiger partial charge in [0, 0.05) is 5.56 Å². The second-order valence-corrected chi connectivity index (χ2v) is 7.85. The van der Waals surface area contributed by atoms with E-state index in [4.69, 9.17) is 0 Å². The first-order chi connectivity index (χ1) is 13.9. The summed E-state index contributed by atoms with van der Waals surface area (Å²) in [6, 6.07) is 11.5. The number of halogens is 1. The average molecular weight is 409 g/mol. The third kappa shape index (κ3) is 3.31. The van der Waals surface area contributed by atoms with Gasteiger partial charge in [-0.05, 0) is 31.5 Å². The molecule has 0 radical (unpaired) electrons. The van der Waals surface area contributed by atoms with Crippen molar-refractivity contribution in [2.24, 2.45) is 0 Å². The van der Waals surface area contributed by atoms with E-state index in [9.17, 15) is 19.1 Å². The number of aromatic nitrogens is 2. The van der Waals surface area contributed by atoms with Gasteiger partial charge >= 0.3 is 5.91 Å². The van der Waals surface area contributed by atoms with Crippen molar-refractivity contribution in [2.45, 2.75) is 19.9 Å². The number of rotatable bonds is 3. The molecular weight excluding hydrogens is 393 g/mol. The zero-order valence-corrected chi connectivity index (χ0v) is 16.4. The Morgan fingerprint density at radius 1 is 1.03 bits per heavy atom. The molecule has 1 saturated heterocycles. The fraction of sp³-hybridized carbons (Fsp3) is 0.143. The first-order valence-electron chi connectivity index (χ1n) is 8.80. The first kappa shape index (κ1) is 18.9. The summed E-state index contributed by atoms with van der Waals surface area (Å²) in [6.07, 6.45) is 0. The van der Waals surface area contributed by atoms with Crippen LogP contribution >= 0.6 is 11.3 Å². The van der Waals surface area contributed by atoms with Crippen molar-refractivity contribution in [3.8, 4) is 0 Å². The van der Waals surface area contributed by atoms with E-state index in [1.165, 1.54) is 29.2 Å². The summed E-state index contributed by atoms with van der Waals surface area (Å²) < 4.78 is 13.5. The number of aliphatic hydroxyl groups excluding tert-OH is 1. The van der Waals surface area contributed by atoms with E-state index in [1.54, 1.807) is 31.2 Å². The van der Waals surface area contributed by atoms with E-state index < -0.39 is 23.5 Å². The van der Waals surface area contributed by atoms with Crippen LogP contribution in [0.3, 0.4) is 0 Å². The molecule has 4 rings (SSSR count). The smallest absolute Gasteiger partial charge is 0.301 e. The molecule has 146 valence electrons. The number of benzene rings is 2. The highest BCUT2D eigenvalue weighted by Gasteiger charge is 2.48. The molecule has 29 heavy (non-hydrogen) atoms. The lowest BCUT2D eigenvalue weighted by atomic mass is 9.95. The number of carbonyl (C=O) groups excluding carboxylic acids is 2. The third-order valence-corrected chi connectivity index (χ3v) is 5.51. The van der Waals surface area contributed by atoms with E-state index in [0.29, 0.717) is 16.1 Å². The molecular formula is C21H16FN3O3S. The standard InChI is InChI=1S/C21H16FN3O3S/c1-11-3-5-14(6-4-11)18(26)16-17(13-7-9-15(22)10-8-13)25(20(28)19(16)27)21-24-23-12(2)29-21/h3-10,17,26H,1-2H3. The molecule has 1 fully saturated rings. The number of aryl methyl sites for hydroxylation is 2. The van der Waals surface area contributed by atoms with Crippen LogP contribution in [0.5, 0.6) is 0 Å². The number of nitrogens with zero attached hydrogens (tertiary/aromatic N) is 3. The van der Waals surface area contributed by atoms with Crippen LogP contribution in [-0.2, 0) is 9.59 Å². The molecule has 1 aliphatic rings. The third-order valence-electron chi connectivity index (χ3n) is 4.68. The van der Waals surface area contributed by atoms with Gasteiger partial charge in [-0.3, -0.25) is 14.5 Å². The molecule has 1 atom stereocenters. The molecule has 2 aromatic carbocycles. The van der Waals surface area contributed by atoms with Gasteiger partial charge in [-0.25, -0.2) is 4.39 Å². The normalized spacial score (nSPS) is 18.4. The lowest BCUT2D eigenvalue weighted by molar-refractivity contribution is -0.132. The number of Topliss-reactive ketones (excluding diaryl/α,β-unsaturated/α-hetero) is 1. The lowest BCUT2D eigenvalue weighted by Gasteiger charge is -2.22. The fourth-order valence-electron chi connectivity index (χ4n) is 3.24. The summed E-state index contributed by atoms with van der Waals surface area (Å²) in [4.78, 5) is 27.0. The Kier molecular flexibility index (Phi) is 4.71. The molecule has 1 N–H and O–H groups in total. The van der Waals surface area contributed by atoms with E-state index >= 15 is 0 Å². The van der Waals surface area contributed by atoms with Crippen molar-refractivity contribution in [1.29, 1.82) is 0 Å². The molecule has 1 unspecified atom stereocenters. The lowest BCUT2D eigenvalue weighted by Crippen LogP contribution is -2.29. The molecule has 1 amide bonds. The predicted molar refractivity (Wildman–Crippen MR) is 107 cm³/mol. The van der Waals surface area contributed by atoms with Crippen LogP contribution in [-0.4, -0.2) is 27.0 Å². The summed E-state index contributed by atoms with van der Waals surface area (Å²) in [5.41, 5.74) is 1.81. The molecule has 0 bridgehead atoms. The maximum absolute atomic E-state index is 13.5. The van der Waals surface area contributed by atoms with Gasteiger partial charge in [0.1, 0.15) is 16.6 Å². The van der Waals surface area contributed by atoms with Crippen LogP contribution in [0.25, 0.3) is 5.76 Å². The molecule has 0 aliphatic carbocycles. The van der Waals surface area contributed by atoms with Crippen molar-refractivity contribution < 1.29 is 19.1 Å². The zero-order valence-electron chi connectivity index (χ0n) is 15.6. The van der Waals surface area contributed by atoms with Gasteiger partial charge in [0.15, 0.2) is 0 Å². The molecule has 6 nitrogen and oxygen atoms in total. The Bertz CT molecular complexity index is 1140. The van der Waals surface area contributed by atoms with Crippen LogP contribution in [0.4, 0.5) is 9.52 Å². The molecule has 0 spiro atoms. The highest BCUT2D eigenvalue weighted by molar-refractivity contribution is 7.15. The minimum absolute atomic E-state index is 0.0710. The zero-order chi connectivity index (χ0) is 20.7. The molecule has 0 saturated carbocycles. The largest absolute Gasteiger partial charge is 0.507 e. The minimum atomic E-state index is -0.941. The van der Waals surface area contributed by atoms with Crippen molar-refractivity contribution in [2.75, 3.05) is 4.90 Å². The number of amides is 1. The van der Waals surface area contributed by atoms with Gasteiger partial charge in [0.25, 0.3) is 5.78 Å². The SMILES string of the molecule is Cc1ccc(C(O)=C2C(=O)C(=O)N(c3nnc(C)s3)C2c2ccc(F)cc2)cc1. The summed E-state index contributed by atoms with van der Waals surface area (Å²) in [5.74, 6) is -2.38. The first-order valence-corrected chi connectivity index (χ1v) is 9.62. The second-order valence-electron chi connectivity index (χ2n) is 6.69. The van der Waals surface area contributed by atoms with Crippen LogP contribution in [0.1, 0.15) is 27.7 Å². The van der Waals surface area contributed by atoms with Gasteiger partial charge in [0.2, 0.25) is 5.13 Å². The number of anilines is 1. The predicted octanol–water partition coefficient (Wildman–Crippen LogP) is 3.92. The highest BCUT2D eigenvalue weighted by atomic mass is 32.1. The van der Waals surface area contributed by atoms with Gasteiger partial charge < -0.3 is 5.11 Å². The molecule has 3 aromatic rings. The Morgan fingerprint density at radius 3 is 2.28 bits per heavy atom. The van der Waals surface area contributed by atoms with Gasteiger partial charge in [-0.15, -0.1) is 10.2 Å². The van der Waals surface area contributed by atoms with Crippen molar-refractivity contribution in [1.82, 2.24) is 10.2 Å². The van der Waals surface area contributed by atoms with Crippen LogP contribution in [0, 0.1) is 19.7 Å². The van der Waals surface area contributed by atoms with Crippen molar-refractivity contribution in [3.05, 3.63) is 81.6 Å². The number of hydrogen-bond donors (Lipinski definition) is 1. The van der Waals surface area contributed by atoms with E-state index in [0.717, 1.165) is 16.9 Å². The fourth-order valence-corrected chi connectivity index (χ4v) is 3.95. The highest BCUT2D eigenvalue weighted by Crippen LogP contribution is 2.42. The number of carbonyl (C=O) groups is 2. The second kappa shape index (κ2) is 7.21. The number of aliphatic hydroxyl groups is 1.